The molecule has 0 aliphatic carbocycles. The highest BCUT2D eigenvalue weighted by atomic mass is 16.1. The van der Waals surface area contributed by atoms with Crippen LogP contribution >= 0.6 is 0 Å². The largest absolute Gasteiger partial charge is 0.342 e. The Morgan fingerprint density at radius 3 is 2.57 bits per heavy atom. The predicted octanol–water partition coefficient (Wildman–Crippen LogP) is 2.50. The molecular formula is C18H26N4O. The summed E-state index contributed by atoms with van der Waals surface area (Å²) in [4.78, 5) is 19.9. The molecule has 3 rings (SSSR count). The summed E-state index contributed by atoms with van der Waals surface area (Å²) in [6, 6.07) is 3.81. The molecule has 1 aliphatic heterocycles. The first-order valence-corrected chi connectivity index (χ1v) is 8.40. The summed E-state index contributed by atoms with van der Waals surface area (Å²) in [6.45, 7) is 8.11. The molecule has 0 saturated carbocycles. The molecule has 23 heavy (non-hydrogen) atoms. The van der Waals surface area contributed by atoms with Gasteiger partial charge in [-0.05, 0) is 49.8 Å². The van der Waals surface area contributed by atoms with Crippen molar-refractivity contribution >= 4 is 16.9 Å². The number of hydrogen-bond donors (Lipinski definition) is 1. The molecule has 124 valence electrons. The Bertz CT molecular complexity index is 786. The standard InChI is InChI=1S/C18H26N4O/c1-11-5-7-22(8-6-11)18-20-16-14(13(3)19)9-12(2)10-15(16)17(23)21(18)4/h9-11,13H,5-8,19H2,1-4H3/t13-/m1/s1. The van der Waals surface area contributed by atoms with Crippen molar-refractivity contribution in [3.63, 3.8) is 0 Å². The van der Waals surface area contributed by atoms with Crippen LogP contribution in [0.1, 0.15) is 43.9 Å². The van der Waals surface area contributed by atoms with Crippen LogP contribution in [-0.4, -0.2) is 22.6 Å². The molecular weight excluding hydrogens is 288 g/mol. The minimum atomic E-state index is -0.147. The van der Waals surface area contributed by atoms with Crippen molar-refractivity contribution in [1.82, 2.24) is 9.55 Å². The lowest BCUT2D eigenvalue weighted by Gasteiger charge is -2.32. The van der Waals surface area contributed by atoms with Crippen molar-refractivity contribution in [2.24, 2.45) is 18.7 Å². The fourth-order valence-electron chi connectivity index (χ4n) is 3.38. The molecule has 1 aliphatic rings. The smallest absolute Gasteiger partial charge is 0.262 e. The lowest BCUT2D eigenvalue weighted by Crippen LogP contribution is -2.37. The summed E-state index contributed by atoms with van der Waals surface area (Å²) < 4.78 is 1.68. The van der Waals surface area contributed by atoms with E-state index in [0.29, 0.717) is 5.39 Å². The minimum Gasteiger partial charge on any atom is -0.342 e. The zero-order valence-corrected chi connectivity index (χ0v) is 14.5. The van der Waals surface area contributed by atoms with Crippen LogP contribution in [-0.2, 0) is 7.05 Å². The number of nitrogens with two attached hydrogens (primary N) is 1. The third-order valence-electron chi connectivity index (χ3n) is 4.89. The Morgan fingerprint density at radius 2 is 1.96 bits per heavy atom. The molecule has 2 N–H and O–H groups in total. The van der Waals surface area contributed by atoms with Gasteiger partial charge in [0.15, 0.2) is 0 Å². The molecule has 1 aromatic heterocycles. The number of nitrogens with zero attached hydrogens (tertiary/aromatic N) is 3. The fourth-order valence-corrected chi connectivity index (χ4v) is 3.38. The van der Waals surface area contributed by atoms with Crippen LogP contribution in [0.5, 0.6) is 0 Å². The van der Waals surface area contributed by atoms with Gasteiger partial charge in [-0.15, -0.1) is 0 Å². The quantitative estimate of drug-likeness (QED) is 0.925. The van der Waals surface area contributed by atoms with E-state index in [1.54, 1.807) is 4.57 Å². The van der Waals surface area contributed by atoms with E-state index in [4.69, 9.17) is 10.7 Å². The van der Waals surface area contributed by atoms with Crippen LogP contribution in [0, 0.1) is 12.8 Å². The summed E-state index contributed by atoms with van der Waals surface area (Å²) >= 11 is 0. The van der Waals surface area contributed by atoms with E-state index in [-0.39, 0.29) is 11.6 Å². The van der Waals surface area contributed by atoms with Crippen molar-refractivity contribution in [2.45, 2.75) is 39.7 Å². The third kappa shape index (κ3) is 2.85. The first kappa shape index (κ1) is 16.0. The van der Waals surface area contributed by atoms with Crippen molar-refractivity contribution < 1.29 is 0 Å². The van der Waals surface area contributed by atoms with E-state index in [0.717, 1.165) is 54.4 Å². The zero-order chi connectivity index (χ0) is 16.7. The van der Waals surface area contributed by atoms with Crippen LogP contribution in [0.15, 0.2) is 16.9 Å². The summed E-state index contributed by atoms with van der Waals surface area (Å²) in [5.41, 5.74) is 8.87. The molecule has 0 unspecified atom stereocenters. The van der Waals surface area contributed by atoms with Gasteiger partial charge in [-0.25, -0.2) is 4.98 Å². The lowest BCUT2D eigenvalue weighted by molar-refractivity contribution is 0.431. The van der Waals surface area contributed by atoms with Gasteiger partial charge in [0, 0.05) is 26.2 Å². The number of aryl methyl sites for hydroxylation is 1. The topological polar surface area (TPSA) is 64.2 Å². The normalized spacial score (nSPS) is 17.7. The van der Waals surface area contributed by atoms with Crippen LogP contribution in [0.2, 0.25) is 0 Å². The first-order chi connectivity index (χ1) is 10.9. The first-order valence-electron chi connectivity index (χ1n) is 8.40. The molecule has 5 heteroatoms. The van der Waals surface area contributed by atoms with E-state index in [1.165, 1.54) is 0 Å². The Balaban J connectivity index is 2.21. The average molecular weight is 314 g/mol. The SMILES string of the molecule is Cc1cc([C@@H](C)N)c2nc(N3CCC(C)CC3)n(C)c(=O)c2c1. The van der Waals surface area contributed by atoms with Gasteiger partial charge in [0.05, 0.1) is 10.9 Å². The number of piperidine rings is 1. The predicted molar refractivity (Wildman–Crippen MR) is 94.9 cm³/mol. The highest BCUT2D eigenvalue weighted by Gasteiger charge is 2.21. The third-order valence-corrected chi connectivity index (χ3v) is 4.89. The van der Waals surface area contributed by atoms with Gasteiger partial charge in [0.1, 0.15) is 0 Å². The second-order valence-corrected chi connectivity index (χ2v) is 6.98. The molecule has 5 nitrogen and oxygen atoms in total. The van der Waals surface area contributed by atoms with Crippen molar-refractivity contribution in [3.05, 3.63) is 33.6 Å². The average Bonchev–Trinajstić information content (AvgIpc) is 2.51. The Labute approximate surface area is 137 Å². The fraction of sp³-hybridized carbons (Fsp3) is 0.556. The molecule has 1 fully saturated rings. The van der Waals surface area contributed by atoms with E-state index in [9.17, 15) is 4.79 Å². The number of fused-ring (bicyclic) bond motifs is 1. The Morgan fingerprint density at radius 1 is 1.30 bits per heavy atom. The van der Waals surface area contributed by atoms with Crippen molar-refractivity contribution in [3.8, 4) is 0 Å². The van der Waals surface area contributed by atoms with Crippen LogP contribution in [0.4, 0.5) is 5.95 Å². The minimum absolute atomic E-state index is 0.00854. The number of hydrogen-bond acceptors (Lipinski definition) is 4. The molecule has 1 saturated heterocycles. The van der Waals surface area contributed by atoms with Gasteiger partial charge >= 0.3 is 0 Å². The maximum atomic E-state index is 12.8. The highest BCUT2D eigenvalue weighted by Crippen LogP contribution is 2.26. The molecule has 0 spiro atoms. The van der Waals surface area contributed by atoms with E-state index < -0.39 is 0 Å². The van der Waals surface area contributed by atoms with Crippen LogP contribution < -0.4 is 16.2 Å². The second kappa shape index (κ2) is 5.96. The van der Waals surface area contributed by atoms with Crippen LogP contribution in [0.3, 0.4) is 0 Å². The monoisotopic (exact) mass is 314 g/mol. The molecule has 1 aromatic carbocycles. The number of rotatable bonds is 2. The van der Waals surface area contributed by atoms with E-state index in [1.807, 2.05) is 33.0 Å². The van der Waals surface area contributed by atoms with Gasteiger partial charge < -0.3 is 10.6 Å². The van der Waals surface area contributed by atoms with Crippen LogP contribution in [0.25, 0.3) is 10.9 Å². The molecule has 0 bridgehead atoms. The molecule has 2 heterocycles. The number of benzene rings is 1. The van der Waals surface area contributed by atoms with Crippen molar-refractivity contribution in [2.75, 3.05) is 18.0 Å². The Hall–Kier alpha value is -1.88. The number of anilines is 1. The molecule has 2 aromatic rings. The molecule has 1 atom stereocenters. The van der Waals surface area contributed by atoms with Crippen molar-refractivity contribution in [1.29, 1.82) is 0 Å². The second-order valence-electron chi connectivity index (χ2n) is 6.98. The summed E-state index contributed by atoms with van der Waals surface area (Å²) in [6.07, 6.45) is 2.28. The van der Waals surface area contributed by atoms with E-state index >= 15 is 0 Å². The van der Waals surface area contributed by atoms with Gasteiger partial charge in [-0.2, -0.15) is 0 Å². The summed E-state index contributed by atoms with van der Waals surface area (Å²) in [7, 11) is 1.82. The zero-order valence-electron chi connectivity index (χ0n) is 14.5. The maximum absolute atomic E-state index is 12.8. The Kier molecular flexibility index (Phi) is 4.15. The van der Waals surface area contributed by atoms with Gasteiger partial charge in [0.25, 0.3) is 5.56 Å². The molecule has 0 amide bonds. The highest BCUT2D eigenvalue weighted by molar-refractivity contribution is 5.83. The van der Waals surface area contributed by atoms with Gasteiger partial charge in [-0.3, -0.25) is 9.36 Å². The lowest BCUT2D eigenvalue weighted by atomic mass is 9.99. The van der Waals surface area contributed by atoms with Gasteiger partial charge in [-0.1, -0.05) is 13.0 Å². The maximum Gasteiger partial charge on any atom is 0.262 e. The number of aromatic nitrogens is 2. The molecule has 0 radical (unpaired) electrons. The summed E-state index contributed by atoms with van der Waals surface area (Å²) in [5.74, 6) is 1.51. The van der Waals surface area contributed by atoms with E-state index in [2.05, 4.69) is 11.8 Å². The summed E-state index contributed by atoms with van der Waals surface area (Å²) in [5, 5.41) is 0.661. The van der Waals surface area contributed by atoms with Gasteiger partial charge in [0.2, 0.25) is 5.95 Å².